The Kier molecular flexibility index (Phi) is 8.45. The second-order valence-corrected chi connectivity index (χ2v) is 9.49. The van der Waals surface area contributed by atoms with Gasteiger partial charge in [0.25, 0.3) is 0 Å². The zero-order valence-corrected chi connectivity index (χ0v) is 22.4. The molecule has 1 saturated heterocycles. The summed E-state index contributed by atoms with van der Waals surface area (Å²) < 4.78 is 14.0. The molecule has 1 aromatic carbocycles. The number of rotatable bonds is 11. The van der Waals surface area contributed by atoms with Gasteiger partial charge < -0.3 is 25.1 Å². The average Bonchev–Trinajstić information content (AvgIpc) is 3.40. The Balaban J connectivity index is 1.20. The van der Waals surface area contributed by atoms with Crippen LogP contribution in [-0.2, 0) is 6.61 Å². The molecule has 1 aliphatic heterocycles. The lowest BCUT2D eigenvalue weighted by atomic mass is 10.1. The van der Waals surface area contributed by atoms with Crippen molar-refractivity contribution < 1.29 is 9.47 Å². The van der Waals surface area contributed by atoms with E-state index in [0.717, 1.165) is 72.2 Å². The molecule has 5 rings (SSSR count). The lowest BCUT2D eigenvalue weighted by Gasteiger charge is -2.32. The first kappa shape index (κ1) is 26.3. The van der Waals surface area contributed by atoms with E-state index >= 15 is 0 Å². The van der Waals surface area contributed by atoms with Crippen molar-refractivity contribution in [3.05, 3.63) is 78.5 Å². The van der Waals surface area contributed by atoms with Gasteiger partial charge >= 0.3 is 0 Å². The third-order valence-electron chi connectivity index (χ3n) is 6.79. The Morgan fingerprint density at radius 3 is 2.62 bits per heavy atom. The van der Waals surface area contributed by atoms with Crippen LogP contribution in [0.2, 0.25) is 0 Å². The molecule has 0 amide bonds. The molecule has 1 aliphatic rings. The minimum absolute atomic E-state index is 0.369. The van der Waals surface area contributed by atoms with Crippen LogP contribution in [-0.4, -0.2) is 88.8 Å². The highest BCUT2D eigenvalue weighted by atomic mass is 16.5. The van der Waals surface area contributed by atoms with E-state index in [1.165, 1.54) is 12.5 Å². The maximum absolute atomic E-state index is 7.57. The quantitative estimate of drug-likeness (QED) is 0.287. The number of aromatic nitrogens is 4. The maximum Gasteiger partial charge on any atom is 0.217 e. The number of hydrogen-bond acceptors (Lipinski definition) is 9. The van der Waals surface area contributed by atoms with E-state index in [0.29, 0.717) is 19.1 Å². The van der Waals surface area contributed by atoms with E-state index in [1.54, 1.807) is 12.4 Å². The Morgan fingerprint density at radius 2 is 1.85 bits per heavy atom. The average molecular weight is 527 g/mol. The molecule has 0 bridgehead atoms. The first-order chi connectivity index (χ1) is 19.1. The molecule has 0 saturated carbocycles. The number of fused-ring (bicyclic) bond motifs is 1. The van der Waals surface area contributed by atoms with E-state index in [9.17, 15) is 0 Å². The summed E-state index contributed by atoms with van der Waals surface area (Å²) in [6, 6.07) is 13.6. The van der Waals surface area contributed by atoms with E-state index in [4.69, 9.17) is 14.9 Å². The van der Waals surface area contributed by atoms with Gasteiger partial charge in [0, 0.05) is 76.1 Å². The van der Waals surface area contributed by atoms with Crippen molar-refractivity contribution >= 4 is 17.4 Å². The van der Waals surface area contributed by atoms with Gasteiger partial charge in [-0.25, -0.2) is 15.0 Å². The summed E-state index contributed by atoms with van der Waals surface area (Å²) in [6.45, 7) is 6.32. The number of likely N-dealkylation sites (N-methyl/N-ethyl adjacent to an activating group) is 1. The molecular formula is C29H34N8O2. The van der Waals surface area contributed by atoms with Crippen molar-refractivity contribution in [2.45, 2.75) is 6.61 Å². The normalized spacial score (nSPS) is 14.9. The van der Waals surface area contributed by atoms with Gasteiger partial charge in [0.2, 0.25) is 5.88 Å². The summed E-state index contributed by atoms with van der Waals surface area (Å²) in [6.07, 6.45) is 8.38. The molecule has 3 aromatic heterocycles. The van der Waals surface area contributed by atoms with Gasteiger partial charge in [-0.1, -0.05) is 24.3 Å². The third kappa shape index (κ3) is 6.60. The van der Waals surface area contributed by atoms with Gasteiger partial charge in [-0.15, -0.1) is 0 Å². The summed E-state index contributed by atoms with van der Waals surface area (Å²) in [5, 5.41) is 10.5. The van der Waals surface area contributed by atoms with E-state index < -0.39 is 0 Å². The molecule has 0 aliphatic carbocycles. The number of allylic oxidation sites excluding steroid dienone is 1. The Bertz CT molecular complexity index is 1430. The number of pyridine rings is 1. The number of nitrogens with zero attached hydrogens (tertiary/aromatic N) is 6. The summed E-state index contributed by atoms with van der Waals surface area (Å²) in [7, 11) is 3.98. The minimum atomic E-state index is 0.369. The Labute approximate surface area is 228 Å². The van der Waals surface area contributed by atoms with Gasteiger partial charge in [0.05, 0.1) is 17.6 Å². The molecule has 0 unspecified atom stereocenters. The van der Waals surface area contributed by atoms with E-state index in [2.05, 4.69) is 37.1 Å². The Morgan fingerprint density at radius 1 is 1.03 bits per heavy atom. The van der Waals surface area contributed by atoms with E-state index in [1.807, 2.05) is 60.1 Å². The topological polar surface area (TPSA) is 104 Å². The maximum atomic E-state index is 7.57. The first-order valence-corrected chi connectivity index (χ1v) is 13.1. The van der Waals surface area contributed by atoms with Crippen LogP contribution in [0.3, 0.4) is 0 Å². The molecule has 4 aromatic rings. The van der Waals surface area contributed by atoms with Crippen molar-refractivity contribution in [3.63, 3.8) is 0 Å². The fourth-order valence-electron chi connectivity index (χ4n) is 4.48. The van der Waals surface area contributed by atoms with Crippen LogP contribution in [0, 0.1) is 5.41 Å². The summed E-state index contributed by atoms with van der Waals surface area (Å²) >= 11 is 0. The second kappa shape index (κ2) is 12.5. The van der Waals surface area contributed by atoms with E-state index in [-0.39, 0.29) is 0 Å². The number of ether oxygens (including phenoxy) is 2. The molecule has 0 atom stereocenters. The molecule has 39 heavy (non-hydrogen) atoms. The monoisotopic (exact) mass is 526 g/mol. The van der Waals surface area contributed by atoms with Gasteiger partial charge in [-0.2, -0.15) is 0 Å². The van der Waals surface area contributed by atoms with Crippen LogP contribution in [0.4, 0.5) is 0 Å². The fourth-order valence-corrected chi connectivity index (χ4v) is 4.48. The van der Waals surface area contributed by atoms with Crippen LogP contribution in [0.15, 0.2) is 67.4 Å². The predicted molar refractivity (Wildman–Crippen MR) is 152 cm³/mol. The number of nitrogens with one attached hydrogen (secondary N) is 2. The lowest BCUT2D eigenvalue weighted by molar-refractivity contribution is 0.134. The molecular weight excluding hydrogens is 492 g/mol. The Hall–Kier alpha value is -4.28. The molecule has 1 fully saturated rings. The summed E-state index contributed by atoms with van der Waals surface area (Å²) in [5.74, 6) is 1.29. The van der Waals surface area contributed by atoms with Gasteiger partial charge in [0.1, 0.15) is 30.9 Å². The summed E-state index contributed by atoms with van der Waals surface area (Å²) in [4.78, 5) is 18.1. The first-order valence-electron chi connectivity index (χ1n) is 13.1. The van der Waals surface area contributed by atoms with Crippen molar-refractivity contribution in [2.75, 3.05) is 53.4 Å². The molecule has 0 radical (unpaired) electrons. The molecule has 202 valence electrons. The number of hydrogen-bond donors (Lipinski definition) is 2. The zero-order valence-electron chi connectivity index (χ0n) is 22.4. The van der Waals surface area contributed by atoms with Crippen molar-refractivity contribution in [1.82, 2.24) is 34.5 Å². The van der Waals surface area contributed by atoms with Crippen LogP contribution in [0.1, 0.15) is 11.1 Å². The summed E-state index contributed by atoms with van der Waals surface area (Å²) in [5.41, 5.74) is 5.13. The van der Waals surface area contributed by atoms with Crippen LogP contribution in [0.25, 0.3) is 22.6 Å². The predicted octanol–water partition coefficient (Wildman–Crippen LogP) is 3.21. The highest BCUT2D eigenvalue weighted by molar-refractivity contribution is 6.08. The standard InChI is InChI=1S/C29H34N8O2/c1-31-18-24(17-30)23-5-3-22(4-6-23)20-39-29-16-26(33-21-34-29)27-19-32-28-15-25(7-8-37(27)28)38-14-13-36-11-9-35(2)10-12-36/h3-8,15-19,21,30-31H,9-14,20H2,1-2H3/b24-18+,30-17?. The van der Waals surface area contributed by atoms with Crippen LogP contribution >= 0.6 is 0 Å². The number of benzene rings is 1. The van der Waals surface area contributed by atoms with Crippen molar-refractivity contribution in [1.29, 1.82) is 5.41 Å². The van der Waals surface area contributed by atoms with Crippen molar-refractivity contribution in [3.8, 4) is 23.0 Å². The van der Waals surface area contributed by atoms with Crippen molar-refractivity contribution in [2.24, 2.45) is 0 Å². The fraction of sp³-hybridized carbons (Fsp3) is 0.310. The third-order valence-corrected chi connectivity index (χ3v) is 6.79. The number of imidazole rings is 1. The van der Waals surface area contributed by atoms with Gasteiger partial charge in [-0.3, -0.25) is 9.30 Å². The molecule has 10 nitrogen and oxygen atoms in total. The minimum Gasteiger partial charge on any atom is -0.492 e. The van der Waals surface area contributed by atoms with Gasteiger partial charge in [0.15, 0.2) is 0 Å². The SMILES string of the molecule is CN/C=C(\C=N)c1ccc(COc2cc(-c3cnc4cc(OCCN5CCN(C)CC5)ccn34)ncn2)cc1. The largest absolute Gasteiger partial charge is 0.492 e. The van der Waals surface area contributed by atoms with Crippen LogP contribution < -0.4 is 14.8 Å². The molecule has 2 N–H and O–H groups in total. The highest BCUT2D eigenvalue weighted by Gasteiger charge is 2.14. The number of piperazine rings is 1. The molecule has 0 spiro atoms. The highest BCUT2D eigenvalue weighted by Crippen LogP contribution is 2.24. The lowest BCUT2D eigenvalue weighted by Crippen LogP contribution is -2.45. The zero-order chi connectivity index (χ0) is 27.0. The smallest absolute Gasteiger partial charge is 0.217 e. The molecule has 4 heterocycles. The van der Waals surface area contributed by atoms with Crippen LogP contribution in [0.5, 0.6) is 11.6 Å². The van der Waals surface area contributed by atoms with Gasteiger partial charge in [-0.05, 0) is 24.2 Å². The molecule has 10 heteroatoms. The second-order valence-electron chi connectivity index (χ2n) is 9.49.